The van der Waals surface area contributed by atoms with E-state index >= 15 is 0 Å². The van der Waals surface area contributed by atoms with Crippen LogP contribution in [0.5, 0.6) is 5.75 Å². The number of hydrogen-bond acceptors (Lipinski definition) is 1. The second-order valence-corrected chi connectivity index (χ2v) is 9.77. The van der Waals surface area contributed by atoms with Crippen LogP contribution in [0.3, 0.4) is 0 Å². The molecule has 0 saturated carbocycles. The number of ether oxygens (including phenoxy) is 1. The van der Waals surface area contributed by atoms with Gasteiger partial charge in [-0.1, -0.05) is 81.2 Å². The van der Waals surface area contributed by atoms with Crippen LogP contribution in [0.4, 0.5) is 13.2 Å². The van der Waals surface area contributed by atoms with Crippen LogP contribution < -0.4 is 4.74 Å². The zero-order chi connectivity index (χ0) is 26.2. The lowest BCUT2D eigenvalue weighted by Crippen LogP contribution is -2.03. The second-order valence-electron chi connectivity index (χ2n) is 9.77. The fourth-order valence-corrected chi connectivity index (χ4v) is 4.86. The molecule has 0 radical (unpaired) electrons. The first-order valence-electron chi connectivity index (χ1n) is 13.3. The summed E-state index contributed by atoms with van der Waals surface area (Å²) in [5, 5.41) is 0. The number of halogens is 3. The van der Waals surface area contributed by atoms with Crippen molar-refractivity contribution in [3.05, 3.63) is 96.3 Å². The van der Waals surface area contributed by atoms with Gasteiger partial charge in [-0.05, 0) is 72.1 Å². The summed E-state index contributed by atoms with van der Waals surface area (Å²) in [6, 6.07) is 15.4. The number of rotatable bonds is 11. The van der Waals surface area contributed by atoms with Crippen molar-refractivity contribution in [3.63, 3.8) is 0 Å². The largest absolute Gasteiger partial charge is 0.490 e. The van der Waals surface area contributed by atoms with E-state index in [0.717, 1.165) is 61.6 Å². The molecule has 0 N–H and O–H groups in total. The summed E-state index contributed by atoms with van der Waals surface area (Å²) in [5.74, 6) is -1.74. The first-order valence-corrected chi connectivity index (χ1v) is 13.3. The van der Waals surface area contributed by atoms with E-state index in [0.29, 0.717) is 23.7 Å². The van der Waals surface area contributed by atoms with Gasteiger partial charge in [0.2, 0.25) is 5.82 Å². The highest BCUT2D eigenvalue weighted by Crippen LogP contribution is 2.35. The molecule has 4 rings (SSSR count). The van der Waals surface area contributed by atoms with Gasteiger partial charge in [0, 0.05) is 11.1 Å². The van der Waals surface area contributed by atoms with E-state index in [1.807, 2.05) is 18.2 Å². The van der Waals surface area contributed by atoms with Gasteiger partial charge >= 0.3 is 0 Å². The Balaban J connectivity index is 1.44. The third-order valence-electron chi connectivity index (χ3n) is 7.18. The van der Waals surface area contributed by atoms with Crippen molar-refractivity contribution < 1.29 is 17.9 Å². The standard InChI is InChI=1S/C33H35F3O/c1-3-5-6-7-8-21-37-31-20-19-29(32(35)33(31)36)26-15-13-24(14-16-26)27-17-18-28(30(34)22-27)25-11-9-23(4-2)10-12-25/h4,11,13-20,22-23H,2-3,5-10,12,21H2,1H3. The maximum atomic E-state index is 15.0. The van der Waals surface area contributed by atoms with Crippen molar-refractivity contribution >= 4 is 5.57 Å². The monoisotopic (exact) mass is 504 g/mol. The molecule has 1 aliphatic carbocycles. The van der Waals surface area contributed by atoms with E-state index in [-0.39, 0.29) is 17.1 Å². The number of hydrogen-bond donors (Lipinski definition) is 0. The van der Waals surface area contributed by atoms with Gasteiger partial charge in [0.15, 0.2) is 11.6 Å². The van der Waals surface area contributed by atoms with Crippen molar-refractivity contribution in [2.24, 2.45) is 5.92 Å². The van der Waals surface area contributed by atoms with Crippen LogP contribution in [0.15, 0.2) is 73.3 Å². The molecule has 0 fully saturated rings. The fourth-order valence-electron chi connectivity index (χ4n) is 4.86. The SMILES string of the molecule is C=CC1CC=C(c2ccc(-c3ccc(-c4ccc(OCCCCCCC)c(F)c4F)cc3)cc2F)CC1. The summed E-state index contributed by atoms with van der Waals surface area (Å²) in [5.41, 5.74) is 3.95. The third-order valence-corrected chi connectivity index (χ3v) is 7.18. The van der Waals surface area contributed by atoms with E-state index in [4.69, 9.17) is 4.74 Å². The zero-order valence-corrected chi connectivity index (χ0v) is 21.5. The Morgan fingerprint density at radius 3 is 2.22 bits per heavy atom. The summed E-state index contributed by atoms with van der Waals surface area (Å²) in [7, 11) is 0. The van der Waals surface area contributed by atoms with Gasteiger partial charge in [0.1, 0.15) is 5.82 Å². The predicted molar refractivity (Wildman–Crippen MR) is 147 cm³/mol. The molecule has 3 aromatic rings. The van der Waals surface area contributed by atoms with Crippen LogP contribution in [0.2, 0.25) is 0 Å². The summed E-state index contributed by atoms with van der Waals surface area (Å²) in [6.45, 7) is 6.38. The average molecular weight is 505 g/mol. The summed E-state index contributed by atoms with van der Waals surface area (Å²) in [4.78, 5) is 0. The predicted octanol–water partition coefficient (Wildman–Crippen LogP) is 10.2. The molecule has 1 unspecified atom stereocenters. The minimum atomic E-state index is -0.968. The molecule has 194 valence electrons. The minimum Gasteiger partial charge on any atom is -0.490 e. The Morgan fingerprint density at radius 2 is 1.54 bits per heavy atom. The molecule has 1 atom stereocenters. The highest BCUT2D eigenvalue weighted by atomic mass is 19.2. The topological polar surface area (TPSA) is 9.23 Å². The molecule has 0 heterocycles. The van der Waals surface area contributed by atoms with Crippen LogP contribution in [0.25, 0.3) is 27.8 Å². The van der Waals surface area contributed by atoms with Crippen LogP contribution in [-0.2, 0) is 0 Å². The Labute approximate surface area is 218 Å². The lowest BCUT2D eigenvalue weighted by atomic mass is 9.86. The Kier molecular flexibility index (Phi) is 9.27. The van der Waals surface area contributed by atoms with Crippen LogP contribution in [0, 0.1) is 23.4 Å². The van der Waals surface area contributed by atoms with E-state index < -0.39 is 11.6 Å². The molecule has 0 spiro atoms. The van der Waals surface area contributed by atoms with Gasteiger partial charge in [-0.3, -0.25) is 0 Å². The van der Waals surface area contributed by atoms with E-state index in [1.54, 1.807) is 36.4 Å². The molecular formula is C33H35F3O. The van der Waals surface area contributed by atoms with Crippen molar-refractivity contribution in [1.29, 1.82) is 0 Å². The Hall–Kier alpha value is -3.27. The molecule has 0 aromatic heterocycles. The van der Waals surface area contributed by atoms with Crippen molar-refractivity contribution in [3.8, 4) is 28.0 Å². The second kappa shape index (κ2) is 12.8. The summed E-state index contributed by atoms with van der Waals surface area (Å²) in [6.07, 6.45) is 12.1. The van der Waals surface area contributed by atoms with Gasteiger partial charge in [-0.2, -0.15) is 4.39 Å². The van der Waals surface area contributed by atoms with Crippen molar-refractivity contribution in [2.75, 3.05) is 6.61 Å². The van der Waals surface area contributed by atoms with Crippen LogP contribution in [-0.4, -0.2) is 6.61 Å². The first-order chi connectivity index (χ1) is 18.0. The molecule has 1 aliphatic rings. The minimum absolute atomic E-state index is 0.0583. The smallest absolute Gasteiger partial charge is 0.201 e. The number of benzene rings is 3. The zero-order valence-electron chi connectivity index (χ0n) is 21.5. The highest BCUT2D eigenvalue weighted by Gasteiger charge is 2.18. The molecule has 1 nitrogen and oxygen atoms in total. The normalized spacial score (nSPS) is 15.4. The van der Waals surface area contributed by atoms with Gasteiger partial charge < -0.3 is 4.74 Å². The third kappa shape index (κ3) is 6.54. The van der Waals surface area contributed by atoms with Crippen LogP contribution in [0.1, 0.15) is 63.9 Å². The van der Waals surface area contributed by atoms with E-state index in [9.17, 15) is 13.2 Å². The highest BCUT2D eigenvalue weighted by molar-refractivity contribution is 5.74. The van der Waals surface area contributed by atoms with Gasteiger partial charge in [-0.25, -0.2) is 8.78 Å². The molecule has 0 aliphatic heterocycles. The van der Waals surface area contributed by atoms with Crippen molar-refractivity contribution in [2.45, 2.75) is 58.3 Å². The van der Waals surface area contributed by atoms with Crippen LogP contribution >= 0.6 is 0 Å². The van der Waals surface area contributed by atoms with E-state index in [1.165, 1.54) is 12.5 Å². The molecule has 4 heteroatoms. The fraction of sp³-hybridized carbons (Fsp3) is 0.333. The Bertz CT molecular complexity index is 1240. The quantitative estimate of drug-likeness (QED) is 0.186. The molecular weight excluding hydrogens is 469 g/mol. The van der Waals surface area contributed by atoms with Gasteiger partial charge in [0.05, 0.1) is 6.61 Å². The lowest BCUT2D eigenvalue weighted by molar-refractivity contribution is 0.285. The van der Waals surface area contributed by atoms with Gasteiger partial charge in [-0.15, -0.1) is 6.58 Å². The molecule has 3 aromatic carbocycles. The molecule has 37 heavy (non-hydrogen) atoms. The number of unbranched alkanes of at least 4 members (excludes halogenated alkanes) is 4. The maximum absolute atomic E-state index is 15.0. The average Bonchev–Trinajstić information content (AvgIpc) is 2.93. The maximum Gasteiger partial charge on any atom is 0.201 e. The Morgan fingerprint density at radius 1 is 0.838 bits per heavy atom. The number of allylic oxidation sites excluding steroid dienone is 3. The first kappa shape index (κ1) is 26.8. The molecule has 0 bridgehead atoms. The van der Waals surface area contributed by atoms with E-state index in [2.05, 4.69) is 19.6 Å². The van der Waals surface area contributed by atoms with Crippen molar-refractivity contribution in [1.82, 2.24) is 0 Å². The van der Waals surface area contributed by atoms with Gasteiger partial charge in [0.25, 0.3) is 0 Å². The summed E-state index contributed by atoms with van der Waals surface area (Å²) >= 11 is 0. The lowest BCUT2D eigenvalue weighted by Gasteiger charge is -2.19. The molecule has 0 saturated heterocycles. The molecule has 0 amide bonds. The summed E-state index contributed by atoms with van der Waals surface area (Å²) < 4.78 is 50.0.